The number of benzene rings is 1. The van der Waals surface area contributed by atoms with E-state index in [2.05, 4.69) is 0 Å². The first kappa shape index (κ1) is 13.2. The van der Waals surface area contributed by atoms with Gasteiger partial charge in [-0.1, -0.05) is 0 Å². The first-order chi connectivity index (χ1) is 7.40. The number of hydrogen-bond donors (Lipinski definition) is 2. The first-order valence-electron chi connectivity index (χ1n) is 4.35. The number of aliphatic hydroxyl groups excluding tert-OH is 1. The number of nitrogens with two attached hydrogens (primary N) is 1. The van der Waals surface area contributed by atoms with Crippen molar-refractivity contribution in [2.45, 2.75) is 11.0 Å². The molecule has 7 heteroatoms. The van der Waals surface area contributed by atoms with Gasteiger partial charge in [0.2, 0.25) is 10.0 Å². The van der Waals surface area contributed by atoms with E-state index >= 15 is 0 Å². The highest BCUT2D eigenvalue weighted by molar-refractivity contribution is 7.89. The molecule has 0 aliphatic heterocycles. The Morgan fingerprint density at radius 3 is 2.62 bits per heavy atom. The lowest BCUT2D eigenvalue weighted by molar-refractivity contribution is 0.197. The van der Waals surface area contributed by atoms with Gasteiger partial charge in [0, 0.05) is 5.56 Å². The van der Waals surface area contributed by atoms with E-state index in [-0.39, 0.29) is 10.8 Å². The van der Waals surface area contributed by atoms with Crippen molar-refractivity contribution in [1.29, 1.82) is 0 Å². The van der Waals surface area contributed by atoms with Crippen molar-refractivity contribution in [2.75, 3.05) is 13.0 Å². The molecule has 1 rings (SSSR count). The highest BCUT2D eigenvalue weighted by atomic mass is 35.5. The quantitative estimate of drug-likeness (QED) is 0.781. The van der Waals surface area contributed by atoms with Crippen LogP contribution in [0.2, 0.25) is 0 Å². The fourth-order valence-electron chi connectivity index (χ4n) is 1.23. The number of aliphatic hydroxyl groups is 1. The molecular weight excluding hydrogens is 254 g/mol. The molecule has 1 atom stereocenters. The molecule has 0 aromatic heterocycles. The minimum atomic E-state index is -3.80. The Morgan fingerprint density at radius 2 is 2.19 bits per heavy atom. The van der Waals surface area contributed by atoms with E-state index in [1.165, 1.54) is 25.3 Å². The summed E-state index contributed by atoms with van der Waals surface area (Å²) in [6.07, 6.45) is -1.00. The minimum absolute atomic E-state index is 0.0650. The summed E-state index contributed by atoms with van der Waals surface area (Å²) in [5, 5.41) is 14.6. The molecule has 0 bridgehead atoms. The van der Waals surface area contributed by atoms with Crippen molar-refractivity contribution in [3.8, 4) is 5.75 Å². The fraction of sp³-hybridized carbons (Fsp3) is 0.333. The molecule has 0 heterocycles. The van der Waals surface area contributed by atoms with Crippen molar-refractivity contribution in [3.05, 3.63) is 23.8 Å². The molecule has 1 unspecified atom stereocenters. The molecule has 1 aromatic carbocycles. The van der Waals surface area contributed by atoms with Gasteiger partial charge in [-0.05, 0) is 18.2 Å². The zero-order chi connectivity index (χ0) is 12.3. The van der Waals surface area contributed by atoms with Gasteiger partial charge in [-0.3, -0.25) is 0 Å². The Hall–Kier alpha value is -0.820. The number of primary sulfonamides is 1. The summed E-state index contributed by atoms with van der Waals surface area (Å²) in [7, 11) is -2.39. The van der Waals surface area contributed by atoms with Crippen LogP contribution in [0, 0.1) is 0 Å². The third-order valence-corrected chi connectivity index (χ3v) is 3.24. The third-order valence-electron chi connectivity index (χ3n) is 2.03. The first-order valence-corrected chi connectivity index (χ1v) is 6.43. The van der Waals surface area contributed by atoms with E-state index in [4.69, 9.17) is 21.5 Å². The number of methoxy groups -OCH3 is 1. The summed E-state index contributed by atoms with van der Waals surface area (Å²) in [4.78, 5) is -0.0903. The van der Waals surface area contributed by atoms with Gasteiger partial charge in [0.15, 0.2) is 0 Å². The Balaban J connectivity index is 3.32. The van der Waals surface area contributed by atoms with Gasteiger partial charge < -0.3 is 9.84 Å². The molecule has 0 saturated carbocycles. The van der Waals surface area contributed by atoms with E-state index in [0.29, 0.717) is 11.3 Å². The summed E-state index contributed by atoms with van der Waals surface area (Å²) in [5.41, 5.74) is 0.295. The summed E-state index contributed by atoms with van der Waals surface area (Å²) >= 11 is 5.50. The van der Waals surface area contributed by atoms with Gasteiger partial charge in [0.05, 0.1) is 24.0 Å². The predicted molar refractivity (Wildman–Crippen MR) is 60.0 cm³/mol. The van der Waals surface area contributed by atoms with Gasteiger partial charge in [0.1, 0.15) is 5.75 Å². The van der Waals surface area contributed by atoms with Crippen LogP contribution >= 0.6 is 11.6 Å². The molecular formula is C9H12ClNO4S. The average Bonchev–Trinajstić information content (AvgIpc) is 2.25. The van der Waals surface area contributed by atoms with Gasteiger partial charge in [-0.15, -0.1) is 11.6 Å². The molecule has 90 valence electrons. The summed E-state index contributed by atoms with van der Waals surface area (Å²) in [6.45, 7) is 0. The van der Waals surface area contributed by atoms with Gasteiger partial charge in [-0.25, -0.2) is 13.6 Å². The van der Waals surface area contributed by atoms with Gasteiger partial charge >= 0.3 is 0 Å². The monoisotopic (exact) mass is 265 g/mol. The largest absolute Gasteiger partial charge is 0.496 e. The number of ether oxygens (including phenoxy) is 1. The van der Waals surface area contributed by atoms with E-state index < -0.39 is 16.1 Å². The second-order valence-electron chi connectivity index (χ2n) is 3.12. The van der Waals surface area contributed by atoms with E-state index in [9.17, 15) is 13.5 Å². The van der Waals surface area contributed by atoms with Gasteiger partial charge in [-0.2, -0.15) is 0 Å². The summed E-state index contributed by atoms with van der Waals surface area (Å²) in [5.74, 6) is 0.297. The number of halogens is 1. The van der Waals surface area contributed by atoms with Crippen molar-refractivity contribution in [2.24, 2.45) is 5.14 Å². The highest BCUT2D eigenvalue weighted by Crippen LogP contribution is 2.28. The van der Waals surface area contributed by atoms with E-state index in [1.807, 2.05) is 0 Å². The molecule has 0 amide bonds. The second kappa shape index (κ2) is 5.01. The molecule has 1 aromatic rings. The number of sulfonamides is 1. The number of hydrogen-bond acceptors (Lipinski definition) is 4. The van der Waals surface area contributed by atoms with Gasteiger partial charge in [0.25, 0.3) is 0 Å². The van der Waals surface area contributed by atoms with Crippen LogP contribution in [-0.4, -0.2) is 26.5 Å². The minimum Gasteiger partial charge on any atom is -0.496 e. The highest BCUT2D eigenvalue weighted by Gasteiger charge is 2.16. The topological polar surface area (TPSA) is 89.6 Å². The van der Waals surface area contributed by atoms with Crippen LogP contribution in [0.1, 0.15) is 11.7 Å². The SMILES string of the molecule is COc1ccc(S(N)(=O)=O)cc1C(O)CCl. The maximum atomic E-state index is 11.1. The molecule has 0 saturated heterocycles. The molecule has 0 aliphatic rings. The molecule has 0 spiro atoms. The number of rotatable bonds is 4. The van der Waals surface area contributed by atoms with Crippen LogP contribution in [-0.2, 0) is 10.0 Å². The second-order valence-corrected chi connectivity index (χ2v) is 4.99. The Bertz CT molecular complexity index is 474. The Morgan fingerprint density at radius 1 is 1.56 bits per heavy atom. The van der Waals surface area contributed by atoms with Crippen LogP contribution in [0.15, 0.2) is 23.1 Å². The molecule has 0 radical (unpaired) electrons. The van der Waals surface area contributed by atoms with Crippen molar-refractivity contribution in [1.82, 2.24) is 0 Å². The summed E-state index contributed by atoms with van der Waals surface area (Å²) in [6, 6.07) is 3.98. The molecule has 0 fully saturated rings. The molecule has 3 N–H and O–H groups in total. The summed E-state index contributed by atoms with van der Waals surface area (Å²) < 4.78 is 27.2. The fourth-order valence-corrected chi connectivity index (χ4v) is 1.95. The maximum Gasteiger partial charge on any atom is 0.238 e. The normalized spacial score (nSPS) is 13.5. The Kier molecular flexibility index (Phi) is 4.15. The van der Waals surface area contributed by atoms with Crippen LogP contribution in [0.3, 0.4) is 0 Å². The predicted octanol–water partition coefficient (Wildman–Crippen LogP) is 0.615. The molecule has 5 nitrogen and oxygen atoms in total. The van der Waals surface area contributed by atoms with Crippen molar-refractivity contribution < 1.29 is 18.3 Å². The Labute approximate surface area is 98.8 Å². The van der Waals surface area contributed by atoms with Crippen LogP contribution in [0.4, 0.5) is 0 Å². The molecule has 16 heavy (non-hydrogen) atoms. The zero-order valence-corrected chi connectivity index (χ0v) is 10.1. The lowest BCUT2D eigenvalue weighted by atomic mass is 10.1. The molecule has 0 aliphatic carbocycles. The maximum absolute atomic E-state index is 11.1. The van der Waals surface area contributed by atoms with Crippen molar-refractivity contribution in [3.63, 3.8) is 0 Å². The van der Waals surface area contributed by atoms with Crippen LogP contribution in [0.5, 0.6) is 5.75 Å². The van der Waals surface area contributed by atoms with Crippen LogP contribution < -0.4 is 9.88 Å². The van der Waals surface area contributed by atoms with E-state index in [0.717, 1.165) is 0 Å². The van der Waals surface area contributed by atoms with Crippen molar-refractivity contribution >= 4 is 21.6 Å². The lowest BCUT2D eigenvalue weighted by Gasteiger charge is -2.13. The third kappa shape index (κ3) is 2.85. The average molecular weight is 266 g/mol. The zero-order valence-electron chi connectivity index (χ0n) is 8.55. The smallest absolute Gasteiger partial charge is 0.238 e. The van der Waals surface area contributed by atoms with E-state index in [1.54, 1.807) is 0 Å². The van der Waals surface area contributed by atoms with Crippen LogP contribution in [0.25, 0.3) is 0 Å². The standard InChI is InChI=1S/C9H12ClNO4S/c1-15-9-3-2-6(16(11,13)14)4-7(9)8(12)5-10/h2-4,8,12H,5H2,1H3,(H2,11,13,14). The lowest BCUT2D eigenvalue weighted by Crippen LogP contribution is -2.13. The number of alkyl halides is 1.